The third-order valence-electron chi connectivity index (χ3n) is 5.91. The second-order valence-corrected chi connectivity index (χ2v) is 8.27. The number of aryl methyl sites for hydroxylation is 1. The minimum atomic E-state index is -0.0522. The third-order valence-corrected chi connectivity index (χ3v) is 5.91. The van der Waals surface area contributed by atoms with E-state index >= 15 is 0 Å². The van der Waals surface area contributed by atoms with Gasteiger partial charge in [-0.15, -0.1) is 0 Å². The maximum atomic E-state index is 13.0. The average molecular weight is 417 g/mol. The van der Waals surface area contributed by atoms with Crippen LogP contribution in [0.3, 0.4) is 0 Å². The number of nitrogens with one attached hydrogen (secondary N) is 1. The molecule has 0 spiro atoms. The molecule has 3 aromatic rings. The number of H-pyrrole nitrogens is 1. The number of aromatic nitrogens is 2. The molecule has 1 saturated heterocycles. The normalized spacial score (nSPS) is 14.5. The molecule has 1 aliphatic rings. The summed E-state index contributed by atoms with van der Waals surface area (Å²) in [5, 5.41) is 7.41. The molecule has 31 heavy (non-hydrogen) atoms. The molecule has 1 aliphatic heterocycles. The summed E-state index contributed by atoms with van der Waals surface area (Å²) < 4.78 is 0. The van der Waals surface area contributed by atoms with Crippen LogP contribution in [0.4, 0.5) is 0 Å². The molecule has 4 rings (SSSR count). The average Bonchev–Trinajstić information content (AvgIpc) is 3.28. The van der Waals surface area contributed by atoms with Gasteiger partial charge in [0.25, 0.3) is 5.91 Å². The highest BCUT2D eigenvalue weighted by atomic mass is 16.2. The molecule has 1 aromatic heterocycles. The number of hydrogen-bond acceptors (Lipinski definition) is 3. The third kappa shape index (κ3) is 4.85. The zero-order valence-corrected chi connectivity index (χ0v) is 18.0. The van der Waals surface area contributed by atoms with Gasteiger partial charge in [-0.25, -0.2) is 0 Å². The Kier molecular flexibility index (Phi) is 6.16. The summed E-state index contributed by atoms with van der Waals surface area (Å²) >= 11 is 0. The summed E-state index contributed by atoms with van der Waals surface area (Å²) in [6.45, 7) is 3.72. The van der Waals surface area contributed by atoms with Gasteiger partial charge < -0.3 is 9.80 Å². The number of carbonyl (C=O) groups is 2. The van der Waals surface area contributed by atoms with Crippen LogP contribution in [0.2, 0.25) is 0 Å². The first-order chi connectivity index (χ1) is 15.0. The molecular formula is C25H28N4O2. The number of amides is 2. The van der Waals surface area contributed by atoms with E-state index < -0.39 is 0 Å². The van der Waals surface area contributed by atoms with Gasteiger partial charge >= 0.3 is 0 Å². The highest BCUT2D eigenvalue weighted by molar-refractivity contribution is 5.94. The highest BCUT2D eigenvalue weighted by Crippen LogP contribution is 2.23. The predicted molar refractivity (Wildman–Crippen MR) is 120 cm³/mol. The molecule has 1 fully saturated rings. The van der Waals surface area contributed by atoms with Crippen LogP contribution in [0.1, 0.15) is 34.5 Å². The van der Waals surface area contributed by atoms with E-state index in [1.165, 1.54) is 0 Å². The molecule has 0 atom stereocenters. The number of nitrogens with zero attached hydrogens (tertiary/aromatic N) is 3. The van der Waals surface area contributed by atoms with Crippen molar-refractivity contribution in [2.75, 3.05) is 20.1 Å². The smallest absolute Gasteiger partial charge is 0.253 e. The lowest BCUT2D eigenvalue weighted by atomic mass is 9.94. The molecule has 0 bridgehead atoms. The number of piperidine rings is 1. The standard InChI is InChI=1S/C25H28N4O2/c1-18-8-10-20(11-9-18)25(31)29-14-12-21(13-15-29)24(30)28(2)17-22-16-23(27-26-22)19-6-4-3-5-7-19/h3-11,16,21H,12-15,17H2,1-2H3,(H,26,27). The Balaban J connectivity index is 1.31. The lowest BCUT2D eigenvalue weighted by Gasteiger charge is -2.33. The van der Waals surface area contributed by atoms with Crippen molar-refractivity contribution in [3.8, 4) is 11.3 Å². The van der Waals surface area contributed by atoms with Crippen LogP contribution in [-0.4, -0.2) is 51.9 Å². The Hall–Kier alpha value is -3.41. The largest absolute Gasteiger partial charge is 0.340 e. The molecule has 2 aromatic carbocycles. The topological polar surface area (TPSA) is 69.3 Å². The summed E-state index contributed by atoms with van der Waals surface area (Å²) in [7, 11) is 1.83. The van der Waals surface area contributed by atoms with E-state index in [2.05, 4.69) is 10.2 Å². The molecule has 6 heteroatoms. The van der Waals surface area contributed by atoms with Gasteiger partial charge in [0.1, 0.15) is 0 Å². The van der Waals surface area contributed by atoms with Crippen molar-refractivity contribution in [2.45, 2.75) is 26.3 Å². The molecule has 1 N–H and O–H groups in total. The Morgan fingerprint density at radius 2 is 1.74 bits per heavy atom. The van der Waals surface area contributed by atoms with Crippen molar-refractivity contribution >= 4 is 11.8 Å². The van der Waals surface area contributed by atoms with E-state index in [-0.39, 0.29) is 17.7 Å². The molecule has 0 saturated carbocycles. The molecule has 0 unspecified atom stereocenters. The van der Waals surface area contributed by atoms with Gasteiger partial charge in [0.2, 0.25) is 5.91 Å². The minimum absolute atomic E-state index is 0.0464. The quantitative estimate of drug-likeness (QED) is 0.686. The van der Waals surface area contributed by atoms with Gasteiger partial charge in [-0.2, -0.15) is 5.10 Å². The summed E-state index contributed by atoms with van der Waals surface area (Å²) in [6, 6.07) is 19.6. The summed E-state index contributed by atoms with van der Waals surface area (Å²) in [5.41, 5.74) is 4.67. The molecule has 2 heterocycles. The van der Waals surface area contributed by atoms with Crippen molar-refractivity contribution < 1.29 is 9.59 Å². The number of aromatic amines is 1. The predicted octanol–water partition coefficient (Wildman–Crippen LogP) is 3.90. The monoisotopic (exact) mass is 416 g/mol. The second-order valence-electron chi connectivity index (χ2n) is 8.27. The second kappa shape index (κ2) is 9.16. The maximum absolute atomic E-state index is 13.0. The molecule has 160 valence electrons. The van der Waals surface area contributed by atoms with Crippen LogP contribution in [0.15, 0.2) is 60.7 Å². The van der Waals surface area contributed by atoms with Crippen LogP contribution in [0.5, 0.6) is 0 Å². The number of carbonyl (C=O) groups excluding carboxylic acids is 2. The van der Waals surface area contributed by atoms with E-state index in [1.807, 2.05) is 79.5 Å². The van der Waals surface area contributed by atoms with E-state index in [9.17, 15) is 9.59 Å². The van der Waals surface area contributed by atoms with Gasteiger partial charge in [-0.05, 0) is 38.0 Å². The molecule has 6 nitrogen and oxygen atoms in total. The fourth-order valence-electron chi connectivity index (χ4n) is 4.05. The van der Waals surface area contributed by atoms with Gasteiger partial charge in [0.15, 0.2) is 0 Å². The van der Waals surface area contributed by atoms with Crippen LogP contribution >= 0.6 is 0 Å². The first-order valence-corrected chi connectivity index (χ1v) is 10.7. The SMILES string of the molecule is Cc1ccc(C(=O)N2CCC(C(=O)N(C)Cc3cc(-c4ccccc4)n[nH]3)CC2)cc1. The Labute approximate surface area is 182 Å². The molecule has 0 aliphatic carbocycles. The van der Waals surface area contributed by atoms with Crippen LogP contribution < -0.4 is 0 Å². The van der Waals surface area contributed by atoms with Gasteiger partial charge in [-0.1, -0.05) is 48.0 Å². The Bertz CT molecular complexity index is 1030. The number of hydrogen-bond donors (Lipinski definition) is 1. The summed E-state index contributed by atoms with van der Waals surface area (Å²) in [6.07, 6.45) is 1.39. The van der Waals surface area contributed by atoms with Crippen molar-refractivity contribution in [1.82, 2.24) is 20.0 Å². The number of benzene rings is 2. The lowest BCUT2D eigenvalue weighted by molar-refractivity contribution is -0.136. The molecule has 2 amide bonds. The first kappa shape index (κ1) is 20.8. The zero-order valence-electron chi connectivity index (χ0n) is 18.0. The molecule has 0 radical (unpaired) electrons. The van der Waals surface area contributed by atoms with Gasteiger partial charge in [-0.3, -0.25) is 14.7 Å². The Morgan fingerprint density at radius 1 is 1.06 bits per heavy atom. The molecular weight excluding hydrogens is 388 g/mol. The van der Waals surface area contributed by atoms with Crippen LogP contribution in [0, 0.1) is 12.8 Å². The number of rotatable bonds is 5. The van der Waals surface area contributed by atoms with Gasteiger partial charge in [0, 0.05) is 37.2 Å². The lowest BCUT2D eigenvalue weighted by Crippen LogP contribution is -2.43. The van der Waals surface area contributed by atoms with E-state index in [0.29, 0.717) is 38.0 Å². The van der Waals surface area contributed by atoms with E-state index in [1.54, 1.807) is 4.90 Å². The Morgan fingerprint density at radius 3 is 2.42 bits per heavy atom. The highest BCUT2D eigenvalue weighted by Gasteiger charge is 2.29. The summed E-state index contributed by atoms with van der Waals surface area (Å²) in [4.78, 5) is 29.3. The number of likely N-dealkylation sites (tertiary alicyclic amines) is 1. The van der Waals surface area contributed by atoms with E-state index in [4.69, 9.17) is 0 Å². The fourth-order valence-corrected chi connectivity index (χ4v) is 4.05. The van der Waals surface area contributed by atoms with Crippen LogP contribution in [0.25, 0.3) is 11.3 Å². The van der Waals surface area contributed by atoms with Crippen molar-refractivity contribution in [3.63, 3.8) is 0 Å². The first-order valence-electron chi connectivity index (χ1n) is 10.7. The maximum Gasteiger partial charge on any atom is 0.253 e. The van der Waals surface area contributed by atoms with Crippen molar-refractivity contribution in [3.05, 3.63) is 77.5 Å². The fraction of sp³-hybridized carbons (Fsp3) is 0.320. The van der Waals surface area contributed by atoms with Crippen molar-refractivity contribution in [1.29, 1.82) is 0 Å². The van der Waals surface area contributed by atoms with Crippen molar-refractivity contribution in [2.24, 2.45) is 5.92 Å². The van der Waals surface area contributed by atoms with Gasteiger partial charge in [0.05, 0.1) is 17.9 Å². The summed E-state index contributed by atoms with van der Waals surface area (Å²) in [5.74, 6) is 0.118. The van der Waals surface area contributed by atoms with E-state index in [0.717, 1.165) is 22.5 Å². The zero-order chi connectivity index (χ0) is 21.8. The van der Waals surface area contributed by atoms with Crippen LogP contribution in [-0.2, 0) is 11.3 Å². The minimum Gasteiger partial charge on any atom is -0.340 e.